The van der Waals surface area contributed by atoms with Crippen LogP contribution < -0.4 is 5.32 Å². The van der Waals surface area contributed by atoms with E-state index in [2.05, 4.69) is 48.3 Å². The van der Waals surface area contributed by atoms with Gasteiger partial charge in [0.15, 0.2) is 0 Å². The van der Waals surface area contributed by atoms with Crippen LogP contribution in [0.15, 0.2) is 29.8 Å². The molecule has 4 heterocycles. The molecule has 1 aromatic carbocycles. The predicted octanol–water partition coefficient (Wildman–Crippen LogP) is 3.15. The molecule has 4 aliphatic heterocycles. The molecule has 3 heteroatoms. The minimum Gasteiger partial charge on any atom is -0.347 e. The highest BCUT2D eigenvalue weighted by Crippen LogP contribution is 2.63. The third-order valence-corrected chi connectivity index (χ3v) is 8.31. The van der Waals surface area contributed by atoms with Gasteiger partial charge in [-0.25, -0.2) is 0 Å². The minimum absolute atomic E-state index is 0.0665. The van der Waals surface area contributed by atoms with E-state index < -0.39 is 0 Å². The molecule has 6 aliphatic rings. The van der Waals surface area contributed by atoms with Crippen LogP contribution in [0, 0.1) is 11.3 Å². The maximum Gasteiger partial charge on any atom is 0.241 e. The zero-order valence-electron chi connectivity index (χ0n) is 15.2. The molecule has 130 valence electrons. The van der Waals surface area contributed by atoms with Crippen molar-refractivity contribution in [1.29, 1.82) is 0 Å². The Morgan fingerprint density at radius 1 is 1.24 bits per heavy atom. The molecular weight excluding hydrogens is 308 g/mol. The van der Waals surface area contributed by atoms with Crippen molar-refractivity contribution in [2.75, 3.05) is 13.1 Å². The Bertz CT molecular complexity index is 853. The summed E-state index contributed by atoms with van der Waals surface area (Å²) >= 11 is 0. The molecule has 7 rings (SSSR count). The standard InChI is InChI=1S/C22H26N2O/c1-20(2)17-10-14-6-3-4-7-15(14)16(17)11-21-13-24-9-5-8-22(24,12-18(20)21)19(25)23-21/h3-4,6-7,18H,5,8-13H2,1-2H3,(H,23,25). The van der Waals surface area contributed by atoms with Crippen molar-refractivity contribution in [2.45, 2.75) is 57.0 Å². The number of carbonyl (C=O) groups excluding carboxylic acids is 1. The molecule has 1 aromatic rings. The fourth-order valence-corrected chi connectivity index (χ4v) is 7.14. The molecule has 0 saturated carbocycles. The Morgan fingerprint density at radius 2 is 2.08 bits per heavy atom. The number of hydrogen-bond acceptors (Lipinski definition) is 2. The average molecular weight is 334 g/mol. The summed E-state index contributed by atoms with van der Waals surface area (Å²) in [7, 11) is 0. The third-order valence-electron chi connectivity index (χ3n) is 8.31. The van der Waals surface area contributed by atoms with Gasteiger partial charge in [-0.2, -0.15) is 0 Å². The van der Waals surface area contributed by atoms with Crippen molar-refractivity contribution in [1.82, 2.24) is 10.2 Å². The van der Waals surface area contributed by atoms with Gasteiger partial charge in [0.25, 0.3) is 0 Å². The lowest BCUT2D eigenvalue weighted by Crippen LogP contribution is -2.81. The van der Waals surface area contributed by atoms with E-state index in [0.29, 0.717) is 11.8 Å². The molecule has 3 atom stereocenters. The first-order valence-electron chi connectivity index (χ1n) is 9.85. The van der Waals surface area contributed by atoms with Gasteiger partial charge in [-0.15, -0.1) is 0 Å². The van der Waals surface area contributed by atoms with Crippen LogP contribution in [0.4, 0.5) is 0 Å². The van der Waals surface area contributed by atoms with E-state index in [4.69, 9.17) is 0 Å². The van der Waals surface area contributed by atoms with Gasteiger partial charge < -0.3 is 5.32 Å². The van der Waals surface area contributed by atoms with E-state index >= 15 is 0 Å². The van der Waals surface area contributed by atoms with Crippen LogP contribution in [-0.4, -0.2) is 35.0 Å². The number of nitrogens with zero attached hydrogens (tertiary/aromatic N) is 1. The van der Waals surface area contributed by atoms with Crippen molar-refractivity contribution < 1.29 is 4.79 Å². The summed E-state index contributed by atoms with van der Waals surface area (Å²) in [5.41, 5.74) is 5.99. The molecule has 2 bridgehead atoms. The Kier molecular flexibility index (Phi) is 2.44. The van der Waals surface area contributed by atoms with Crippen molar-refractivity contribution in [3.8, 4) is 0 Å². The number of nitrogens with one attached hydrogen (secondary N) is 1. The topological polar surface area (TPSA) is 32.3 Å². The molecule has 0 aromatic heterocycles. The predicted molar refractivity (Wildman–Crippen MR) is 98.0 cm³/mol. The van der Waals surface area contributed by atoms with Gasteiger partial charge in [-0.05, 0) is 66.7 Å². The fourth-order valence-electron chi connectivity index (χ4n) is 7.14. The minimum atomic E-state index is -0.201. The highest BCUT2D eigenvalue weighted by atomic mass is 16.2. The van der Waals surface area contributed by atoms with E-state index in [-0.39, 0.29) is 16.5 Å². The number of hydrogen-bond donors (Lipinski definition) is 1. The summed E-state index contributed by atoms with van der Waals surface area (Å²) in [4.78, 5) is 15.6. The summed E-state index contributed by atoms with van der Waals surface area (Å²) in [5.74, 6) is 0.874. The number of carbonyl (C=O) groups is 1. The zero-order valence-corrected chi connectivity index (χ0v) is 15.2. The molecule has 4 fully saturated rings. The lowest BCUT2D eigenvalue weighted by atomic mass is 9.50. The number of piperidine rings is 2. The Balaban J connectivity index is 1.54. The molecule has 1 N–H and O–H groups in total. The van der Waals surface area contributed by atoms with Crippen LogP contribution >= 0.6 is 0 Å². The van der Waals surface area contributed by atoms with Crippen LogP contribution in [0.3, 0.4) is 0 Å². The second kappa shape index (κ2) is 4.20. The summed E-state index contributed by atoms with van der Waals surface area (Å²) in [5, 5.41) is 3.58. The fraction of sp³-hybridized carbons (Fsp3) is 0.591. The van der Waals surface area contributed by atoms with Gasteiger partial charge in [-0.3, -0.25) is 9.69 Å². The van der Waals surface area contributed by atoms with Gasteiger partial charge in [0.1, 0.15) is 5.54 Å². The van der Waals surface area contributed by atoms with Gasteiger partial charge in [0.2, 0.25) is 5.91 Å². The summed E-state index contributed by atoms with van der Waals surface area (Å²) in [6.45, 7) is 7.04. The lowest BCUT2D eigenvalue weighted by molar-refractivity contribution is -0.161. The SMILES string of the molecule is CC1(C)C2=C(CC34CN5CCCC5(CC31)C(=O)N4)c1ccccc1C2. The van der Waals surface area contributed by atoms with E-state index in [0.717, 1.165) is 38.8 Å². The first-order valence-corrected chi connectivity index (χ1v) is 9.85. The summed E-state index contributed by atoms with van der Waals surface area (Å²) in [6, 6.07) is 8.91. The third kappa shape index (κ3) is 1.51. The first kappa shape index (κ1) is 14.5. The number of piperazine rings is 1. The number of fused-ring (bicyclic) bond motifs is 3. The molecule has 4 saturated heterocycles. The second-order valence-corrected chi connectivity index (χ2v) is 9.61. The molecule has 1 amide bonds. The van der Waals surface area contributed by atoms with Gasteiger partial charge >= 0.3 is 0 Å². The lowest BCUT2D eigenvalue weighted by Gasteiger charge is -2.66. The number of allylic oxidation sites excluding steroid dienone is 1. The van der Waals surface area contributed by atoms with Crippen LogP contribution in [0.25, 0.3) is 5.57 Å². The number of rotatable bonds is 0. The molecular formula is C22H26N2O. The molecule has 25 heavy (non-hydrogen) atoms. The number of amides is 1. The van der Waals surface area contributed by atoms with Crippen molar-refractivity contribution in [3.05, 3.63) is 41.0 Å². The Labute approximate surface area is 149 Å². The summed E-state index contributed by atoms with van der Waals surface area (Å²) in [6.07, 6.45) is 5.40. The molecule has 2 aliphatic carbocycles. The largest absolute Gasteiger partial charge is 0.347 e. The number of benzene rings is 1. The Morgan fingerprint density at radius 3 is 2.96 bits per heavy atom. The average Bonchev–Trinajstić information content (AvgIpc) is 3.16. The quantitative estimate of drug-likeness (QED) is 0.790. The van der Waals surface area contributed by atoms with E-state index in [1.165, 1.54) is 23.1 Å². The van der Waals surface area contributed by atoms with Gasteiger partial charge in [0, 0.05) is 6.54 Å². The van der Waals surface area contributed by atoms with Crippen LogP contribution in [0.1, 0.15) is 50.7 Å². The normalized spacial score (nSPS) is 40.4. The summed E-state index contributed by atoms with van der Waals surface area (Å²) < 4.78 is 0. The molecule has 0 radical (unpaired) electrons. The van der Waals surface area contributed by atoms with E-state index in [9.17, 15) is 4.79 Å². The highest BCUT2D eigenvalue weighted by molar-refractivity contribution is 5.91. The Hall–Kier alpha value is -1.61. The van der Waals surface area contributed by atoms with Crippen LogP contribution in [-0.2, 0) is 11.2 Å². The van der Waals surface area contributed by atoms with Crippen molar-refractivity contribution in [2.24, 2.45) is 11.3 Å². The van der Waals surface area contributed by atoms with Gasteiger partial charge in [-0.1, -0.05) is 43.7 Å². The van der Waals surface area contributed by atoms with Crippen molar-refractivity contribution >= 4 is 11.5 Å². The molecule has 3 nitrogen and oxygen atoms in total. The van der Waals surface area contributed by atoms with Gasteiger partial charge in [0.05, 0.1) is 5.54 Å². The van der Waals surface area contributed by atoms with Crippen molar-refractivity contribution in [3.63, 3.8) is 0 Å². The maximum absolute atomic E-state index is 13.1. The maximum atomic E-state index is 13.1. The van der Waals surface area contributed by atoms with E-state index in [1.54, 1.807) is 5.57 Å². The second-order valence-electron chi connectivity index (χ2n) is 9.61. The van der Waals surface area contributed by atoms with Crippen LogP contribution in [0.2, 0.25) is 0 Å². The highest BCUT2D eigenvalue weighted by Gasteiger charge is 2.68. The van der Waals surface area contributed by atoms with Crippen LogP contribution in [0.5, 0.6) is 0 Å². The van der Waals surface area contributed by atoms with E-state index in [1.807, 2.05) is 0 Å². The molecule has 2 spiro atoms. The molecule has 3 unspecified atom stereocenters. The zero-order chi connectivity index (χ0) is 17.0. The smallest absolute Gasteiger partial charge is 0.241 e. The monoisotopic (exact) mass is 334 g/mol. The first-order chi connectivity index (χ1) is 12.0.